The van der Waals surface area contributed by atoms with Gasteiger partial charge in [0.1, 0.15) is 6.04 Å². The Morgan fingerprint density at radius 1 is 1.50 bits per heavy atom. The summed E-state index contributed by atoms with van der Waals surface area (Å²) in [6.45, 7) is 8.63. The molecule has 1 unspecified atom stereocenters. The number of hydrogen-bond acceptors (Lipinski definition) is 3. The van der Waals surface area contributed by atoms with Crippen LogP contribution in [0.15, 0.2) is 0 Å². The maximum Gasteiger partial charge on any atom is 0.323 e. The lowest BCUT2D eigenvalue weighted by molar-refractivity contribution is -0.142. The average Bonchev–Trinajstić information content (AvgIpc) is 2.01. The van der Waals surface area contributed by atoms with Crippen LogP contribution in [0.2, 0.25) is 0 Å². The van der Waals surface area contributed by atoms with Gasteiger partial charge in [-0.2, -0.15) is 0 Å². The summed E-state index contributed by atoms with van der Waals surface area (Å²) in [4.78, 5) is 10.8. The predicted octanol–water partition coefficient (Wildman–Crippen LogP) is 1.25. The van der Waals surface area contributed by atoms with Crippen LogP contribution in [-0.2, 0) is 9.53 Å². The second-order valence-corrected chi connectivity index (χ2v) is 4.27. The third kappa shape index (κ3) is 6.86. The lowest BCUT2D eigenvalue weighted by Crippen LogP contribution is -2.42. The van der Waals surface area contributed by atoms with Gasteiger partial charge in [0, 0.05) is 0 Å². The van der Waals surface area contributed by atoms with Gasteiger partial charge in [0.25, 0.3) is 0 Å². The van der Waals surface area contributed by atoms with Crippen molar-refractivity contribution in [2.45, 2.75) is 45.8 Å². The monoisotopic (exact) mass is 203 g/mol. The minimum atomic E-state index is -0.859. The van der Waals surface area contributed by atoms with Gasteiger partial charge in [-0.1, -0.05) is 6.92 Å². The zero-order chi connectivity index (χ0) is 11.2. The maximum absolute atomic E-state index is 10.8. The van der Waals surface area contributed by atoms with Crippen molar-refractivity contribution in [3.8, 4) is 0 Å². The smallest absolute Gasteiger partial charge is 0.323 e. The molecule has 0 spiro atoms. The second kappa shape index (κ2) is 5.98. The molecule has 2 N–H and O–H groups in total. The molecule has 0 amide bonds. The lowest BCUT2D eigenvalue weighted by atomic mass is 10.2. The summed E-state index contributed by atoms with van der Waals surface area (Å²) < 4.78 is 5.41. The molecule has 0 aromatic heterocycles. The SMILES string of the molecule is CCCNC(COC(C)(C)C)C(=O)O. The highest BCUT2D eigenvalue weighted by molar-refractivity contribution is 5.73. The topological polar surface area (TPSA) is 58.6 Å². The zero-order valence-electron chi connectivity index (χ0n) is 9.46. The Morgan fingerprint density at radius 2 is 2.07 bits per heavy atom. The highest BCUT2D eigenvalue weighted by Gasteiger charge is 2.20. The summed E-state index contributed by atoms with van der Waals surface area (Å²) in [5.41, 5.74) is -0.290. The van der Waals surface area contributed by atoms with Crippen LogP contribution < -0.4 is 5.32 Å². The molecule has 0 bridgehead atoms. The number of aliphatic carboxylic acids is 1. The molecule has 0 aliphatic carbocycles. The van der Waals surface area contributed by atoms with Gasteiger partial charge < -0.3 is 15.2 Å². The van der Waals surface area contributed by atoms with Crippen molar-refractivity contribution in [3.05, 3.63) is 0 Å². The molecule has 0 rings (SSSR count). The summed E-state index contributed by atoms with van der Waals surface area (Å²) in [7, 11) is 0. The van der Waals surface area contributed by atoms with Crippen LogP contribution in [0.1, 0.15) is 34.1 Å². The fourth-order valence-electron chi connectivity index (χ4n) is 0.869. The summed E-state index contributed by atoms with van der Waals surface area (Å²) in [6, 6.07) is -0.603. The number of nitrogens with one attached hydrogen (secondary N) is 1. The van der Waals surface area contributed by atoms with Crippen molar-refractivity contribution < 1.29 is 14.6 Å². The van der Waals surface area contributed by atoms with Crippen molar-refractivity contribution in [2.75, 3.05) is 13.2 Å². The van der Waals surface area contributed by atoms with Gasteiger partial charge in [0.2, 0.25) is 0 Å². The van der Waals surface area contributed by atoms with Crippen molar-refractivity contribution in [3.63, 3.8) is 0 Å². The van der Waals surface area contributed by atoms with Crippen LogP contribution >= 0.6 is 0 Å². The fourth-order valence-corrected chi connectivity index (χ4v) is 0.869. The molecule has 4 heteroatoms. The van der Waals surface area contributed by atoms with E-state index in [2.05, 4.69) is 5.32 Å². The van der Waals surface area contributed by atoms with Gasteiger partial charge in [-0.05, 0) is 33.7 Å². The standard InChI is InChI=1S/C10H21NO3/c1-5-6-11-8(9(12)13)7-14-10(2,3)4/h8,11H,5-7H2,1-4H3,(H,12,13). The molecular weight excluding hydrogens is 182 g/mol. The highest BCUT2D eigenvalue weighted by atomic mass is 16.5. The van der Waals surface area contributed by atoms with Crippen LogP contribution in [0, 0.1) is 0 Å². The first kappa shape index (κ1) is 13.4. The Bertz CT molecular complexity index is 175. The van der Waals surface area contributed by atoms with Crippen molar-refractivity contribution >= 4 is 5.97 Å². The van der Waals surface area contributed by atoms with E-state index in [1.165, 1.54) is 0 Å². The van der Waals surface area contributed by atoms with Crippen LogP contribution in [-0.4, -0.2) is 35.9 Å². The van der Waals surface area contributed by atoms with E-state index in [4.69, 9.17) is 9.84 Å². The Kier molecular flexibility index (Phi) is 5.72. The first-order chi connectivity index (χ1) is 6.37. The molecule has 1 atom stereocenters. The Hall–Kier alpha value is -0.610. The van der Waals surface area contributed by atoms with Gasteiger partial charge in [-0.25, -0.2) is 0 Å². The molecule has 14 heavy (non-hydrogen) atoms. The van der Waals surface area contributed by atoms with E-state index < -0.39 is 12.0 Å². The molecule has 0 saturated carbocycles. The summed E-state index contributed by atoms with van der Waals surface area (Å²) in [5, 5.41) is 11.8. The summed E-state index contributed by atoms with van der Waals surface area (Å²) in [6.07, 6.45) is 0.916. The van der Waals surface area contributed by atoms with E-state index in [0.29, 0.717) is 6.54 Å². The molecule has 0 saturated heterocycles. The number of carbonyl (C=O) groups is 1. The Balaban J connectivity index is 3.91. The summed E-state index contributed by atoms with van der Waals surface area (Å²) >= 11 is 0. The van der Waals surface area contributed by atoms with Crippen LogP contribution in [0.5, 0.6) is 0 Å². The minimum Gasteiger partial charge on any atom is -0.480 e. The van der Waals surface area contributed by atoms with Gasteiger partial charge in [0.15, 0.2) is 0 Å². The fraction of sp³-hybridized carbons (Fsp3) is 0.900. The molecular formula is C10H21NO3. The van der Waals surface area contributed by atoms with Gasteiger partial charge in [0.05, 0.1) is 12.2 Å². The molecule has 0 aromatic carbocycles. The highest BCUT2D eigenvalue weighted by Crippen LogP contribution is 2.07. The molecule has 84 valence electrons. The molecule has 0 aliphatic heterocycles. The van der Waals surface area contributed by atoms with Crippen molar-refractivity contribution in [1.29, 1.82) is 0 Å². The van der Waals surface area contributed by atoms with Gasteiger partial charge in [-0.3, -0.25) is 4.79 Å². The van der Waals surface area contributed by atoms with E-state index in [9.17, 15) is 4.79 Å². The number of carboxylic acids is 1. The quantitative estimate of drug-likeness (QED) is 0.682. The predicted molar refractivity (Wildman–Crippen MR) is 55.4 cm³/mol. The van der Waals surface area contributed by atoms with Gasteiger partial charge >= 0.3 is 5.97 Å². The number of carboxylic acid groups (broad SMARTS) is 1. The zero-order valence-corrected chi connectivity index (χ0v) is 9.46. The van der Waals surface area contributed by atoms with Crippen LogP contribution in [0.4, 0.5) is 0 Å². The minimum absolute atomic E-state index is 0.207. The Morgan fingerprint density at radius 3 is 2.43 bits per heavy atom. The normalized spacial score (nSPS) is 14.0. The Labute approximate surface area is 85.6 Å². The molecule has 4 nitrogen and oxygen atoms in total. The number of ether oxygens (including phenoxy) is 1. The number of hydrogen-bond donors (Lipinski definition) is 2. The molecule has 0 radical (unpaired) electrons. The maximum atomic E-state index is 10.8. The van der Waals surface area contributed by atoms with E-state index >= 15 is 0 Å². The third-order valence-corrected chi connectivity index (χ3v) is 1.62. The van der Waals surface area contributed by atoms with Crippen molar-refractivity contribution in [1.82, 2.24) is 5.32 Å². The largest absolute Gasteiger partial charge is 0.480 e. The van der Waals surface area contributed by atoms with E-state index in [0.717, 1.165) is 6.42 Å². The van der Waals surface area contributed by atoms with Crippen molar-refractivity contribution in [2.24, 2.45) is 0 Å². The van der Waals surface area contributed by atoms with E-state index in [1.807, 2.05) is 27.7 Å². The summed E-state index contributed by atoms with van der Waals surface area (Å²) in [5.74, 6) is -0.859. The molecule has 0 aromatic rings. The van der Waals surface area contributed by atoms with E-state index in [1.54, 1.807) is 0 Å². The first-order valence-electron chi connectivity index (χ1n) is 4.97. The molecule has 0 heterocycles. The average molecular weight is 203 g/mol. The second-order valence-electron chi connectivity index (χ2n) is 4.27. The third-order valence-electron chi connectivity index (χ3n) is 1.62. The van der Waals surface area contributed by atoms with E-state index in [-0.39, 0.29) is 12.2 Å². The van der Waals surface area contributed by atoms with Crippen LogP contribution in [0.25, 0.3) is 0 Å². The lowest BCUT2D eigenvalue weighted by Gasteiger charge is -2.22. The van der Waals surface area contributed by atoms with Crippen LogP contribution in [0.3, 0.4) is 0 Å². The molecule has 0 aliphatic rings. The number of rotatable bonds is 6. The first-order valence-corrected chi connectivity index (χ1v) is 4.97. The van der Waals surface area contributed by atoms with Gasteiger partial charge in [-0.15, -0.1) is 0 Å². The molecule has 0 fully saturated rings.